The normalized spacial score (nSPS) is 9.46. The van der Waals surface area contributed by atoms with Gasteiger partial charge in [-0.25, -0.2) is 0 Å². The van der Waals surface area contributed by atoms with Crippen LogP contribution in [-0.2, 0) is 0 Å². The molecular formula is C10H6N2S. The van der Waals surface area contributed by atoms with Gasteiger partial charge in [-0.15, -0.1) is 11.3 Å². The van der Waals surface area contributed by atoms with Crippen molar-refractivity contribution in [2.75, 3.05) is 0 Å². The van der Waals surface area contributed by atoms with Gasteiger partial charge in [-0.05, 0) is 18.2 Å². The Morgan fingerprint density at radius 1 is 1.38 bits per heavy atom. The van der Waals surface area contributed by atoms with Crippen molar-refractivity contribution >= 4 is 11.3 Å². The highest BCUT2D eigenvalue weighted by Crippen LogP contribution is 2.22. The molecule has 2 aromatic rings. The summed E-state index contributed by atoms with van der Waals surface area (Å²) >= 11 is 1.44. The minimum Gasteiger partial charge on any atom is -0.256 e. The van der Waals surface area contributed by atoms with Crippen LogP contribution >= 0.6 is 11.3 Å². The molecule has 2 aromatic heterocycles. The number of pyridine rings is 1. The van der Waals surface area contributed by atoms with Gasteiger partial charge in [0.25, 0.3) is 0 Å². The fraction of sp³-hybridized carbons (Fsp3) is 0. The first-order valence-electron chi connectivity index (χ1n) is 3.80. The van der Waals surface area contributed by atoms with Crippen LogP contribution in [0.3, 0.4) is 0 Å². The summed E-state index contributed by atoms with van der Waals surface area (Å²) in [6, 6.07) is 9.71. The van der Waals surface area contributed by atoms with Crippen LogP contribution in [0.4, 0.5) is 0 Å². The zero-order valence-corrected chi connectivity index (χ0v) is 7.58. The van der Waals surface area contributed by atoms with Gasteiger partial charge in [0.15, 0.2) is 0 Å². The third kappa shape index (κ3) is 1.58. The van der Waals surface area contributed by atoms with Crippen molar-refractivity contribution in [2.24, 2.45) is 0 Å². The van der Waals surface area contributed by atoms with Gasteiger partial charge in [-0.1, -0.05) is 6.07 Å². The van der Waals surface area contributed by atoms with Crippen molar-refractivity contribution < 1.29 is 0 Å². The van der Waals surface area contributed by atoms with E-state index in [1.807, 2.05) is 29.6 Å². The fourth-order valence-corrected chi connectivity index (χ4v) is 1.75. The summed E-state index contributed by atoms with van der Waals surface area (Å²) in [4.78, 5) is 4.92. The molecule has 0 aliphatic heterocycles. The molecule has 0 bridgehead atoms. The van der Waals surface area contributed by atoms with Gasteiger partial charge >= 0.3 is 0 Å². The van der Waals surface area contributed by atoms with E-state index in [-0.39, 0.29) is 0 Å². The second-order valence-corrected chi connectivity index (χ2v) is 3.44. The Bertz CT molecular complexity index is 439. The first kappa shape index (κ1) is 7.96. The Labute approximate surface area is 80.1 Å². The lowest BCUT2D eigenvalue weighted by Gasteiger charge is -1.92. The van der Waals surface area contributed by atoms with Crippen LogP contribution in [0.15, 0.2) is 35.8 Å². The van der Waals surface area contributed by atoms with Crippen molar-refractivity contribution in [3.8, 4) is 17.3 Å². The van der Waals surface area contributed by atoms with Crippen molar-refractivity contribution in [3.63, 3.8) is 0 Å². The zero-order valence-electron chi connectivity index (χ0n) is 6.77. The Kier molecular flexibility index (Phi) is 2.07. The molecule has 0 aromatic carbocycles. The average molecular weight is 186 g/mol. The fourth-order valence-electron chi connectivity index (χ4n) is 1.06. The maximum absolute atomic E-state index is 8.64. The lowest BCUT2D eigenvalue weighted by molar-refractivity contribution is 1.33. The number of thiophene rings is 1. The molecule has 2 heterocycles. The Hall–Kier alpha value is -1.66. The van der Waals surface area contributed by atoms with Crippen LogP contribution in [0.2, 0.25) is 0 Å². The summed E-state index contributed by atoms with van der Waals surface area (Å²) in [7, 11) is 0. The molecule has 0 aliphatic carbocycles. The predicted octanol–water partition coefficient (Wildman–Crippen LogP) is 2.68. The van der Waals surface area contributed by atoms with E-state index < -0.39 is 0 Å². The number of aromatic nitrogens is 1. The Balaban J connectivity index is 2.43. The molecule has 0 spiro atoms. The molecule has 2 nitrogen and oxygen atoms in total. The summed E-state index contributed by atoms with van der Waals surface area (Å²) < 4.78 is 0. The minimum absolute atomic E-state index is 0.723. The van der Waals surface area contributed by atoms with Gasteiger partial charge in [0.2, 0.25) is 0 Å². The second-order valence-electron chi connectivity index (χ2n) is 2.53. The summed E-state index contributed by atoms with van der Waals surface area (Å²) in [5, 5.41) is 10.6. The van der Waals surface area contributed by atoms with Crippen molar-refractivity contribution in [3.05, 3.63) is 40.7 Å². The maximum atomic E-state index is 8.64. The summed E-state index contributed by atoms with van der Waals surface area (Å²) in [5.41, 5.74) is 1.93. The largest absolute Gasteiger partial charge is 0.256 e. The van der Waals surface area contributed by atoms with Crippen molar-refractivity contribution in [1.82, 2.24) is 4.98 Å². The molecule has 0 N–H and O–H groups in total. The highest BCUT2D eigenvalue weighted by atomic mass is 32.1. The van der Waals surface area contributed by atoms with E-state index >= 15 is 0 Å². The van der Waals surface area contributed by atoms with Crippen LogP contribution in [-0.4, -0.2) is 4.98 Å². The second kappa shape index (κ2) is 3.38. The molecule has 0 amide bonds. The molecule has 3 heteroatoms. The van der Waals surface area contributed by atoms with Crippen LogP contribution in [0.25, 0.3) is 11.3 Å². The van der Waals surface area contributed by atoms with Gasteiger partial charge in [-0.3, -0.25) is 4.98 Å². The molecular weight excluding hydrogens is 180 g/mol. The van der Waals surface area contributed by atoms with E-state index in [4.69, 9.17) is 5.26 Å². The van der Waals surface area contributed by atoms with Gasteiger partial charge in [0.1, 0.15) is 10.9 Å². The zero-order chi connectivity index (χ0) is 9.10. The maximum Gasteiger partial charge on any atom is 0.110 e. The lowest BCUT2D eigenvalue weighted by atomic mass is 10.2. The average Bonchev–Trinajstić information content (AvgIpc) is 2.67. The molecule has 0 radical (unpaired) electrons. The van der Waals surface area contributed by atoms with Gasteiger partial charge in [0.05, 0.1) is 5.69 Å². The van der Waals surface area contributed by atoms with Gasteiger partial charge in [-0.2, -0.15) is 5.26 Å². The summed E-state index contributed by atoms with van der Waals surface area (Å²) in [6.07, 6.45) is 1.75. The van der Waals surface area contributed by atoms with Crippen molar-refractivity contribution in [2.45, 2.75) is 0 Å². The van der Waals surface area contributed by atoms with Gasteiger partial charge in [0, 0.05) is 17.1 Å². The lowest BCUT2D eigenvalue weighted by Crippen LogP contribution is -1.77. The Morgan fingerprint density at radius 3 is 2.92 bits per heavy atom. The molecule has 62 valence electrons. The molecule has 0 saturated carbocycles. The number of rotatable bonds is 1. The molecule has 0 aliphatic rings. The van der Waals surface area contributed by atoms with E-state index in [1.165, 1.54) is 11.3 Å². The highest BCUT2D eigenvalue weighted by molar-refractivity contribution is 7.10. The van der Waals surface area contributed by atoms with Crippen LogP contribution in [0, 0.1) is 11.3 Å². The molecule has 0 fully saturated rings. The van der Waals surface area contributed by atoms with Gasteiger partial charge < -0.3 is 0 Å². The van der Waals surface area contributed by atoms with Crippen molar-refractivity contribution in [1.29, 1.82) is 5.26 Å². The summed E-state index contributed by atoms with van der Waals surface area (Å²) in [6.45, 7) is 0. The number of hydrogen-bond acceptors (Lipinski definition) is 3. The SMILES string of the molecule is N#Cc1cc(-c2ccccn2)cs1. The standard InChI is InChI=1S/C10H6N2S/c11-6-9-5-8(7-13-9)10-3-1-2-4-12-10/h1-5,7H. The Morgan fingerprint density at radius 2 is 2.31 bits per heavy atom. The molecule has 0 saturated heterocycles. The van der Waals surface area contributed by atoms with Crippen LogP contribution in [0.1, 0.15) is 4.88 Å². The smallest absolute Gasteiger partial charge is 0.110 e. The predicted molar refractivity (Wildman–Crippen MR) is 52.3 cm³/mol. The molecule has 0 atom stereocenters. The number of nitriles is 1. The highest BCUT2D eigenvalue weighted by Gasteiger charge is 2.01. The van der Waals surface area contributed by atoms with E-state index in [2.05, 4.69) is 11.1 Å². The minimum atomic E-state index is 0.723. The first-order valence-corrected chi connectivity index (χ1v) is 4.68. The molecule has 13 heavy (non-hydrogen) atoms. The third-order valence-electron chi connectivity index (χ3n) is 1.67. The van der Waals surface area contributed by atoms with E-state index in [1.54, 1.807) is 6.20 Å². The quantitative estimate of drug-likeness (QED) is 0.686. The van der Waals surface area contributed by atoms with E-state index in [9.17, 15) is 0 Å². The van der Waals surface area contributed by atoms with E-state index in [0.29, 0.717) is 0 Å². The number of nitrogens with zero attached hydrogens (tertiary/aromatic N) is 2. The van der Waals surface area contributed by atoms with E-state index in [0.717, 1.165) is 16.1 Å². The third-order valence-corrected chi connectivity index (χ3v) is 2.51. The van der Waals surface area contributed by atoms with Crippen LogP contribution < -0.4 is 0 Å². The molecule has 2 rings (SSSR count). The first-order chi connectivity index (χ1) is 6.40. The summed E-state index contributed by atoms with van der Waals surface area (Å²) in [5.74, 6) is 0. The molecule has 0 unspecified atom stereocenters. The van der Waals surface area contributed by atoms with Crippen LogP contribution in [0.5, 0.6) is 0 Å². The monoisotopic (exact) mass is 186 g/mol. The topological polar surface area (TPSA) is 36.7 Å². The number of hydrogen-bond donors (Lipinski definition) is 0.